The summed E-state index contributed by atoms with van der Waals surface area (Å²) in [4.78, 5) is 0. The Labute approximate surface area is 95.3 Å². The maximum absolute atomic E-state index is 10.1. The van der Waals surface area contributed by atoms with Gasteiger partial charge in [-0.3, -0.25) is 4.68 Å². The second-order valence-electron chi connectivity index (χ2n) is 4.16. The fourth-order valence-electron chi connectivity index (χ4n) is 1.89. The van der Waals surface area contributed by atoms with Crippen molar-refractivity contribution in [3.63, 3.8) is 0 Å². The smallest absolute Gasteiger partial charge is 0.0986 e. The second kappa shape index (κ2) is 4.49. The first-order chi connectivity index (χ1) is 7.65. The van der Waals surface area contributed by atoms with E-state index in [0.717, 1.165) is 5.56 Å². The van der Waals surface area contributed by atoms with Crippen LogP contribution in [0.5, 0.6) is 0 Å². The summed E-state index contributed by atoms with van der Waals surface area (Å²) < 4.78 is 1.74. The summed E-state index contributed by atoms with van der Waals surface area (Å²) in [7, 11) is 0. The summed E-state index contributed by atoms with van der Waals surface area (Å²) in [6, 6.07) is 7.99. The zero-order valence-electron chi connectivity index (χ0n) is 9.59. The molecule has 1 aromatic heterocycles. The molecule has 0 amide bonds. The van der Waals surface area contributed by atoms with Crippen LogP contribution in [0.4, 0.5) is 0 Å². The predicted molar refractivity (Wildman–Crippen MR) is 63.1 cm³/mol. The molecule has 3 heteroatoms. The molecule has 0 aliphatic rings. The van der Waals surface area contributed by atoms with Crippen LogP contribution in [0.25, 0.3) is 0 Å². The van der Waals surface area contributed by atoms with Gasteiger partial charge in [-0.05, 0) is 25.5 Å². The lowest BCUT2D eigenvalue weighted by Gasteiger charge is -2.12. The molecule has 0 fully saturated rings. The topological polar surface area (TPSA) is 38.0 Å². The van der Waals surface area contributed by atoms with Gasteiger partial charge in [-0.25, -0.2) is 0 Å². The molecule has 1 N–H and O–H groups in total. The minimum atomic E-state index is -0.501. The monoisotopic (exact) mass is 216 g/mol. The van der Waals surface area contributed by atoms with E-state index in [9.17, 15) is 5.11 Å². The van der Waals surface area contributed by atoms with Crippen molar-refractivity contribution in [1.29, 1.82) is 0 Å². The molecule has 2 rings (SSSR count). The number of aryl methyl sites for hydroxylation is 2. The first-order valence-corrected chi connectivity index (χ1v) is 5.39. The fourth-order valence-corrected chi connectivity index (χ4v) is 1.89. The summed E-state index contributed by atoms with van der Waals surface area (Å²) >= 11 is 0. The van der Waals surface area contributed by atoms with Gasteiger partial charge in [-0.1, -0.05) is 29.3 Å². The second-order valence-corrected chi connectivity index (χ2v) is 4.16. The first-order valence-electron chi connectivity index (χ1n) is 5.39. The molecule has 1 unspecified atom stereocenters. The van der Waals surface area contributed by atoms with E-state index >= 15 is 0 Å². The Morgan fingerprint density at radius 3 is 2.50 bits per heavy atom. The highest BCUT2D eigenvalue weighted by molar-refractivity contribution is 5.29. The Balaban J connectivity index is 2.17. The number of benzene rings is 1. The molecule has 0 saturated carbocycles. The Hall–Kier alpha value is -1.61. The summed E-state index contributed by atoms with van der Waals surface area (Å²) in [5.41, 5.74) is 3.30. The normalized spacial score (nSPS) is 12.7. The highest BCUT2D eigenvalue weighted by Gasteiger charge is 2.09. The van der Waals surface area contributed by atoms with E-state index in [-0.39, 0.29) is 0 Å². The average molecular weight is 216 g/mol. The van der Waals surface area contributed by atoms with Gasteiger partial charge in [0, 0.05) is 12.4 Å². The van der Waals surface area contributed by atoms with Crippen molar-refractivity contribution in [2.24, 2.45) is 0 Å². The number of hydrogen-bond donors (Lipinski definition) is 1. The van der Waals surface area contributed by atoms with Crippen LogP contribution in [0.15, 0.2) is 36.7 Å². The first kappa shape index (κ1) is 10.9. The van der Waals surface area contributed by atoms with E-state index in [1.54, 1.807) is 10.9 Å². The van der Waals surface area contributed by atoms with Crippen LogP contribution in [0, 0.1) is 13.8 Å². The Kier molecular flexibility index (Phi) is 3.06. The molecule has 1 aromatic carbocycles. The Bertz CT molecular complexity index is 443. The number of aliphatic hydroxyl groups is 1. The molecule has 0 spiro atoms. The lowest BCUT2D eigenvalue weighted by molar-refractivity contribution is 0.151. The number of nitrogens with zero attached hydrogens (tertiary/aromatic N) is 2. The number of rotatable bonds is 3. The highest BCUT2D eigenvalue weighted by Crippen LogP contribution is 2.18. The molecule has 16 heavy (non-hydrogen) atoms. The molecule has 1 heterocycles. The van der Waals surface area contributed by atoms with E-state index in [2.05, 4.69) is 11.2 Å². The van der Waals surface area contributed by atoms with E-state index in [0.29, 0.717) is 6.54 Å². The van der Waals surface area contributed by atoms with Gasteiger partial charge in [0.1, 0.15) is 0 Å². The number of aliphatic hydroxyl groups excluding tert-OH is 1. The van der Waals surface area contributed by atoms with E-state index in [4.69, 9.17) is 0 Å². The van der Waals surface area contributed by atoms with Crippen molar-refractivity contribution in [2.75, 3.05) is 0 Å². The van der Waals surface area contributed by atoms with Crippen LogP contribution in [0.2, 0.25) is 0 Å². The highest BCUT2D eigenvalue weighted by atomic mass is 16.3. The largest absolute Gasteiger partial charge is 0.386 e. The van der Waals surface area contributed by atoms with Crippen LogP contribution >= 0.6 is 0 Å². The van der Waals surface area contributed by atoms with Crippen molar-refractivity contribution in [3.05, 3.63) is 53.3 Å². The molecular weight excluding hydrogens is 200 g/mol. The Morgan fingerprint density at radius 1 is 1.25 bits per heavy atom. The maximum Gasteiger partial charge on any atom is 0.0986 e. The van der Waals surface area contributed by atoms with Gasteiger partial charge < -0.3 is 5.11 Å². The van der Waals surface area contributed by atoms with Crippen LogP contribution < -0.4 is 0 Å². The summed E-state index contributed by atoms with van der Waals surface area (Å²) in [5.74, 6) is 0. The standard InChI is InChI=1S/C13H16N2O/c1-10-6-11(2)8-12(7-10)13(16)9-15-5-3-4-14-15/h3-8,13,16H,9H2,1-2H3. The third-order valence-electron chi connectivity index (χ3n) is 2.55. The zero-order chi connectivity index (χ0) is 11.5. The van der Waals surface area contributed by atoms with Gasteiger partial charge in [0.2, 0.25) is 0 Å². The van der Waals surface area contributed by atoms with Crippen LogP contribution in [0.3, 0.4) is 0 Å². The summed E-state index contributed by atoms with van der Waals surface area (Å²) in [6.07, 6.45) is 3.07. The van der Waals surface area contributed by atoms with Crippen molar-refractivity contribution in [2.45, 2.75) is 26.5 Å². The summed E-state index contributed by atoms with van der Waals surface area (Å²) in [6.45, 7) is 4.57. The van der Waals surface area contributed by atoms with Gasteiger partial charge in [0.15, 0.2) is 0 Å². The lowest BCUT2D eigenvalue weighted by Crippen LogP contribution is -2.09. The van der Waals surface area contributed by atoms with Crippen LogP contribution in [-0.4, -0.2) is 14.9 Å². The van der Waals surface area contributed by atoms with E-state index in [1.807, 2.05) is 38.2 Å². The molecule has 1 atom stereocenters. The molecular formula is C13H16N2O. The van der Waals surface area contributed by atoms with E-state index < -0.39 is 6.10 Å². The number of hydrogen-bond acceptors (Lipinski definition) is 2. The minimum Gasteiger partial charge on any atom is -0.386 e. The van der Waals surface area contributed by atoms with Crippen molar-refractivity contribution in [3.8, 4) is 0 Å². The predicted octanol–water partition coefficient (Wildman–Crippen LogP) is 2.23. The van der Waals surface area contributed by atoms with E-state index in [1.165, 1.54) is 11.1 Å². The summed E-state index contributed by atoms with van der Waals surface area (Å²) in [5, 5.41) is 14.2. The Morgan fingerprint density at radius 2 is 1.94 bits per heavy atom. The van der Waals surface area contributed by atoms with Gasteiger partial charge in [-0.2, -0.15) is 5.10 Å². The molecule has 2 aromatic rings. The quantitative estimate of drug-likeness (QED) is 0.854. The third kappa shape index (κ3) is 2.49. The van der Waals surface area contributed by atoms with Gasteiger partial charge in [-0.15, -0.1) is 0 Å². The molecule has 3 nitrogen and oxygen atoms in total. The van der Waals surface area contributed by atoms with Gasteiger partial charge in [0.05, 0.1) is 12.6 Å². The zero-order valence-corrected chi connectivity index (χ0v) is 9.59. The molecule has 0 bridgehead atoms. The van der Waals surface area contributed by atoms with Crippen LogP contribution in [0.1, 0.15) is 22.8 Å². The molecule has 0 radical (unpaired) electrons. The average Bonchev–Trinajstić information content (AvgIpc) is 2.68. The van der Waals surface area contributed by atoms with Crippen molar-refractivity contribution >= 4 is 0 Å². The van der Waals surface area contributed by atoms with Crippen molar-refractivity contribution < 1.29 is 5.11 Å². The van der Waals surface area contributed by atoms with Crippen molar-refractivity contribution in [1.82, 2.24) is 9.78 Å². The molecule has 0 aliphatic carbocycles. The third-order valence-corrected chi connectivity index (χ3v) is 2.55. The van der Waals surface area contributed by atoms with Gasteiger partial charge >= 0.3 is 0 Å². The number of aromatic nitrogens is 2. The SMILES string of the molecule is Cc1cc(C)cc(C(O)Cn2cccn2)c1. The lowest BCUT2D eigenvalue weighted by atomic mass is 10.0. The maximum atomic E-state index is 10.1. The fraction of sp³-hybridized carbons (Fsp3) is 0.308. The molecule has 0 saturated heterocycles. The van der Waals surface area contributed by atoms with Gasteiger partial charge in [0.25, 0.3) is 0 Å². The van der Waals surface area contributed by atoms with Crippen LogP contribution in [-0.2, 0) is 6.54 Å². The molecule has 0 aliphatic heterocycles. The molecule has 84 valence electrons. The minimum absolute atomic E-state index is 0.496.